The maximum absolute atomic E-state index is 12.8. The highest BCUT2D eigenvalue weighted by Crippen LogP contribution is 2.24. The van der Waals surface area contributed by atoms with Crippen molar-refractivity contribution in [1.82, 2.24) is 29.7 Å². The second kappa shape index (κ2) is 9.35. The SMILES string of the molecule is Cc1ccc(-c2noc(C(C)N3CCN(C(=O)Cn4nc(-c5cccs5)oc4=O)CC3)n2)cc1. The molecule has 4 heterocycles. The molecule has 176 valence electrons. The summed E-state index contributed by atoms with van der Waals surface area (Å²) in [6.45, 7) is 6.29. The molecule has 1 aliphatic rings. The molecular weight excluding hydrogens is 456 g/mol. The number of aromatic nitrogens is 4. The van der Waals surface area contributed by atoms with Gasteiger partial charge in [-0.15, -0.1) is 16.4 Å². The quantitative estimate of drug-likeness (QED) is 0.414. The lowest BCUT2D eigenvalue weighted by Crippen LogP contribution is -2.50. The number of hydrogen-bond acceptors (Lipinski definition) is 9. The first-order valence-corrected chi connectivity index (χ1v) is 11.9. The third-order valence-electron chi connectivity index (χ3n) is 5.95. The second-order valence-corrected chi connectivity index (χ2v) is 9.17. The number of hydrogen-bond donors (Lipinski definition) is 0. The molecule has 1 unspecified atom stereocenters. The van der Waals surface area contributed by atoms with Gasteiger partial charge in [-0.25, -0.2) is 4.79 Å². The van der Waals surface area contributed by atoms with Gasteiger partial charge in [0, 0.05) is 31.7 Å². The summed E-state index contributed by atoms with van der Waals surface area (Å²) in [4.78, 5) is 34.1. The van der Waals surface area contributed by atoms with E-state index in [0.717, 1.165) is 15.1 Å². The molecule has 10 nitrogen and oxygen atoms in total. The second-order valence-electron chi connectivity index (χ2n) is 8.22. The molecule has 0 N–H and O–H groups in total. The lowest BCUT2D eigenvalue weighted by molar-refractivity contribution is -0.134. The lowest BCUT2D eigenvalue weighted by Gasteiger charge is -2.36. The van der Waals surface area contributed by atoms with Crippen LogP contribution in [-0.2, 0) is 11.3 Å². The van der Waals surface area contributed by atoms with E-state index in [0.29, 0.717) is 37.9 Å². The Bertz CT molecular complexity index is 1320. The Morgan fingerprint density at radius 3 is 2.62 bits per heavy atom. The summed E-state index contributed by atoms with van der Waals surface area (Å²) in [6, 6.07) is 11.6. The Hall–Kier alpha value is -3.57. The zero-order valence-corrected chi connectivity index (χ0v) is 19.7. The molecule has 1 aliphatic heterocycles. The first-order valence-electron chi connectivity index (χ1n) is 11.0. The Morgan fingerprint density at radius 2 is 1.91 bits per heavy atom. The number of piperazine rings is 1. The van der Waals surface area contributed by atoms with Gasteiger partial charge in [-0.1, -0.05) is 41.1 Å². The number of thiophene rings is 1. The number of benzene rings is 1. The topological polar surface area (TPSA) is 111 Å². The summed E-state index contributed by atoms with van der Waals surface area (Å²) in [5.74, 6) is 0.543. The molecule has 0 bridgehead atoms. The Labute approximate surface area is 199 Å². The van der Waals surface area contributed by atoms with E-state index >= 15 is 0 Å². The first kappa shape index (κ1) is 22.2. The number of carbonyl (C=O) groups excluding carboxylic acids is 1. The van der Waals surface area contributed by atoms with Crippen LogP contribution in [0.15, 0.2) is 55.5 Å². The van der Waals surface area contributed by atoms with E-state index in [1.165, 1.54) is 16.9 Å². The van der Waals surface area contributed by atoms with Crippen molar-refractivity contribution in [3.8, 4) is 22.2 Å². The molecule has 1 aromatic carbocycles. The van der Waals surface area contributed by atoms with Crippen LogP contribution in [0.25, 0.3) is 22.2 Å². The number of aryl methyl sites for hydroxylation is 1. The van der Waals surface area contributed by atoms with Gasteiger partial charge in [0.15, 0.2) is 0 Å². The predicted octanol–water partition coefficient (Wildman–Crippen LogP) is 2.83. The van der Waals surface area contributed by atoms with Crippen molar-refractivity contribution in [2.75, 3.05) is 26.2 Å². The smallest absolute Gasteiger partial charge is 0.387 e. The molecule has 1 atom stereocenters. The largest absolute Gasteiger partial charge is 0.437 e. The van der Waals surface area contributed by atoms with Crippen LogP contribution in [-0.4, -0.2) is 61.8 Å². The van der Waals surface area contributed by atoms with Crippen LogP contribution in [0.5, 0.6) is 0 Å². The van der Waals surface area contributed by atoms with Crippen molar-refractivity contribution in [2.45, 2.75) is 26.4 Å². The van der Waals surface area contributed by atoms with E-state index in [4.69, 9.17) is 8.94 Å². The van der Waals surface area contributed by atoms with E-state index in [1.807, 2.05) is 55.6 Å². The fourth-order valence-electron chi connectivity index (χ4n) is 3.87. The van der Waals surface area contributed by atoms with Gasteiger partial charge in [-0.05, 0) is 25.3 Å². The minimum Gasteiger partial charge on any atom is -0.387 e. The average molecular weight is 481 g/mol. The van der Waals surface area contributed by atoms with Crippen molar-refractivity contribution in [3.63, 3.8) is 0 Å². The summed E-state index contributed by atoms with van der Waals surface area (Å²) in [5, 5.41) is 10.2. The van der Waals surface area contributed by atoms with Gasteiger partial charge in [-0.3, -0.25) is 9.69 Å². The molecule has 1 amide bonds. The maximum Gasteiger partial charge on any atom is 0.437 e. The van der Waals surface area contributed by atoms with Crippen LogP contribution >= 0.6 is 11.3 Å². The van der Waals surface area contributed by atoms with E-state index in [9.17, 15) is 9.59 Å². The fourth-order valence-corrected chi connectivity index (χ4v) is 4.52. The van der Waals surface area contributed by atoms with E-state index in [-0.39, 0.29) is 24.4 Å². The van der Waals surface area contributed by atoms with Crippen LogP contribution in [0.3, 0.4) is 0 Å². The van der Waals surface area contributed by atoms with Gasteiger partial charge in [0.1, 0.15) is 6.54 Å². The Kier molecular flexibility index (Phi) is 6.12. The third-order valence-corrected chi connectivity index (χ3v) is 6.80. The molecule has 1 fully saturated rings. The fraction of sp³-hybridized carbons (Fsp3) is 0.348. The van der Waals surface area contributed by atoms with Gasteiger partial charge in [0.25, 0.3) is 5.89 Å². The van der Waals surface area contributed by atoms with Crippen LogP contribution in [0, 0.1) is 6.92 Å². The molecule has 0 saturated carbocycles. The third kappa shape index (κ3) is 4.57. The lowest BCUT2D eigenvalue weighted by atomic mass is 10.1. The highest BCUT2D eigenvalue weighted by atomic mass is 32.1. The summed E-state index contributed by atoms with van der Waals surface area (Å²) in [7, 11) is 0. The molecule has 0 spiro atoms. The summed E-state index contributed by atoms with van der Waals surface area (Å²) < 4.78 is 11.8. The van der Waals surface area contributed by atoms with E-state index < -0.39 is 5.76 Å². The number of carbonyl (C=O) groups is 1. The maximum atomic E-state index is 12.8. The molecule has 5 rings (SSSR count). The van der Waals surface area contributed by atoms with Crippen molar-refractivity contribution < 1.29 is 13.7 Å². The van der Waals surface area contributed by atoms with Crippen molar-refractivity contribution in [2.24, 2.45) is 0 Å². The highest BCUT2D eigenvalue weighted by molar-refractivity contribution is 7.13. The minimum absolute atomic E-state index is 0.0736. The molecular formula is C23H24N6O4S. The summed E-state index contributed by atoms with van der Waals surface area (Å²) in [5.41, 5.74) is 2.08. The monoisotopic (exact) mass is 480 g/mol. The zero-order valence-electron chi connectivity index (χ0n) is 18.9. The van der Waals surface area contributed by atoms with Crippen LogP contribution in [0.2, 0.25) is 0 Å². The minimum atomic E-state index is -0.634. The molecule has 0 radical (unpaired) electrons. The highest BCUT2D eigenvalue weighted by Gasteiger charge is 2.28. The Balaban J connectivity index is 1.18. The molecule has 4 aromatic rings. The van der Waals surface area contributed by atoms with Gasteiger partial charge in [0.05, 0.1) is 10.9 Å². The van der Waals surface area contributed by atoms with Gasteiger partial charge >= 0.3 is 5.76 Å². The Morgan fingerprint density at radius 1 is 1.15 bits per heavy atom. The number of rotatable bonds is 6. The molecule has 0 aliphatic carbocycles. The van der Waals surface area contributed by atoms with Crippen molar-refractivity contribution in [1.29, 1.82) is 0 Å². The molecule has 11 heteroatoms. The van der Waals surface area contributed by atoms with Gasteiger partial charge in [0.2, 0.25) is 17.6 Å². The normalized spacial score (nSPS) is 15.5. The van der Waals surface area contributed by atoms with E-state index in [1.54, 1.807) is 4.90 Å². The van der Waals surface area contributed by atoms with Crippen LogP contribution in [0.1, 0.15) is 24.4 Å². The summed E-state index contributed by atoms with van der Waals surface area (Å²) in [6.07, 6.45) is 0. The zero-order chi connectivity index (χ0) is 23.7. The van der Waals surface area contributed by atoms with Crippen molar-refractivity contribution >= 4 is 17.2 Å². The van der Waals surface area contributed by atoms with Crippen LogP contribution in [0.4, 0.5) is 0 Å². The van der Waals surface area contributed by atoms with Crippen LogP contribution < -0.4 is 5.76 Å². The number of amides is 1. The standard InChI is InChI=1S/C23H24N6O4S/c1-15-5-7-17(8-6-15)20-24-21(33-26-20)16(2)27-9-11-28(12-10-27)19(30)14-29-23(31)32-22(25-29)18-4-3-13-34-18/h3-8,13,16H,9-12,14H2,1-2H3. The first-order chi connectivity index (χ1) is 16.5. The number of nitrogens with zero attached hydrogens (tertiary/aromatic N) is 6. The predicted molar refractivity (Wildman–Crippen MR) is 125 cm³/mol. The van der Waals surface area contributed by atoms with Gasteiger partial charge in [-0.2, -0.15) is 9.67 Å². The van der Waals surface area contributed by atoms with E-state index in [2.05, 4.69) is 20.1 Å². The van der Waals surface area contributed by atoms with Crippen molar-refractivity contribution in [3.05, 3.63) is 63.8 Å². The molecule has 3 aromatic heterocycles. The molecule has 1 saturated heterocycles. The molecule has 34 heavy (non-hydrogen) atoms. The summed E-state index contributed by atoms with van der Waals surface area (Å²) >= 11 is 1.42. The average Bonchev–Trinajstić information content (AvgIpc) is 3.61. The van der Waals surface area contributed by atoms with Gasteiger partial charge < -0.3 is 13.8 Å².